The van der Waals surface area contributed by atoms with Gasteiger partial charge >= 0.3 is 0 Å². The highest BCUT2D eigenvalue weighted by atomic mass is 35.5. The van der Waals surface area contributed by atoms with E-state index in [0.29, 0.717) is 22.9 Å². The van der Waals surface area contributed by atoms with Gasteiger partial charge in [0.25, 0.3) is 5.91 Å². The predicted octanol–water partition coefficient (Wildman–Crippen LogP) is 3.97. The highest BCUT2D eigenvalue weighted by Gasteiger charge is 2.21. The Hall–Kier alpha value is -2.29. The van der Waals surface area contributed by atoms with Gasteiger partial charge in [0.2, 0.25) is 0 Å². The van der Waals surface area contributed by atoms with Gasteiger partial charge < -0.3 is 9.64 Å². The maximum atomic E-state index is 14.0. The van der Waals surface area contributed by atoms with E-state index in [0.717, 1.165) is 0 Å². The van der Waals surface area contributed by atoms with E-state index >= 15 is 0 Å². The number of likely N-dealkylation sites (N-methyl/N-ethyl adjacent to an activating group) is 1. The van der Waals surface area contributed by atoms with Crippen LogP contribution in [0.15, 0.2) is 42.5 Å². The number of benzene rings is 2. The van der Waals surface area contributed by atoms with Gasteiger partial charge in [0.15, 0.2) is 23.3 Å². The van der Waals surface area contributed by atoms with Crippen molar-refractivity contribution in [3.63, 3.8) is 0 Å². The van der Waals surface area contributed by atoms with Gasteiger partial charge in [-0.2, -0.15) is 0 Å². The Kier molecular flexibility index (Phi) is 7.68. The van der Waals surface area contributed by atoms with Gasteiger partial charge in [-0.3, -0.25) is 9.69 Å². The summed E-state index contributed by atoms with van der Waals surface area (Å²) in [6.07, 6.45) is 0. The molecule has 5 nitrogen and oxygen atoms in total. The minimum absolute atomic E-state index is 0. The Balaban J connectivity index is 0.00000280. The number of amides is 1. The Morgan fingerprint density at radius 2 is 1.79 bits per heavy atom. The molecule has 0 fully saturated rings. The van der Waals surface area contributed by atoms with Crippen LogP contribution >= 0.6 is 23.7 Å². The molecule has 0 aliphatic rings. The number of thiazole rings is 1. The van der Waals surface area contributed by atoms with Gasteiger partial charge in [-0.05, 0) is 38.4 Å². The molecular weight excluding hydrogens is 408 g/mol. The van der Waals surface area contributed by atoms with Crippen LogP contribution in [0, 0.1) is 11.6 Å². The van der Waals surface area contributed by atoms with Crippen molar-refractivity contribution in [2.75, 3.05) is 38.7 Å². The molecule has 2 aromatic carbocycles. The number of anilines is 1. The van der Waals surface area contributed by atoms with Crippen LogP contribution in [-0.4, -0.2) is 49.6 Å². The zero-order valence-corrected chi connectivity index (χ0v) is 17.0. The lowest BCUT2D eigenvalue weighted by Crippen LogP contribution is -2.39. The first-order valence-electron chi connectivity index (χ1n) is 8.33. The fraction of sp³-hybridized carbons (Fsp3) is 0.263. The number of carbonyl (C=O) groups is 1. The van der Waals surface area contributed by atoms with E-state index in [1.165, 1.54) is 34.4 Å². The fourth-order valence-corrected chi connectivity index (χ4v) is 3.45. The van der Waals surface area contributed by atoms with E-state index in [1.807, 2.05) is 19.0 Å². The summed E-state index contributed by atoms with van der Waals surface area (Å²) in [5.41, 5.74) is 0.232. The van der Waals surface area contributed by atoms with Crippen molar-refractivity contribution in [1.82, 2.24) is 9.88 Å². The standard InChI is InChI=1S/C19H19F2N3O2S.ClH/c1-23(2)10-11-24(17(25)12-26-15-8-4-3-6-13(15)20)19-22-18-14(21)7-5-9-16(18)27-19;/h3-9H,10-12H2,1-2H3;1H. The van der Waals surface area contributed by atoms with Crippen molar-refractivity contribution >= 4 is 45.0 Å². The van der Waals surface area contributed by atoms with E-state index in [-0.39, 0.29) is 36.2 Å². The maximum absolute atomic E-state index is 14.0. The molecule has 1 heterocycles. The number of para-hydroxylation sites is 2. The third-order valence-corrected chi connectivity index (χ3v) is 4.89. The minimum atomic E-state index is -0.535. The van der Waals surface area contributed by atoms with Crippen molar-refractivity contribution in [1.29, 1.82) is 0 Å². The summed E-state index contributed by atoms with van der Waals surface area (Å²) in [5.74, 6) is -1.34. The van der Waals surface area contributed by atoms with Crippen LogP contribution in [0.3, 0.4) is 0 Å². The lowest BCUT2D eigenvalue weighted by atomic mass is 10.3. The first kappa shape index (κ1) is 22.0. The second-order valence-electron chi connectivity index (χ2n) is 6.15. The molecule has 1 aromatic heterocycles. The summed E-state index contributed by atoms with van der Waals surface area (Å²) >= 11 is 1.23. The molecule has 0 aliphatic carbocycles. The number of hydrogen-bond donors (Lipinski definition) is 0. The van der Waals surface area contributed by atoms with Gasteiger partial charge in [-0.1, -0.05) is 29.5 Å². The normalized spacial score (nSPS) is 10.8. The number of carbonyl (C=O) groups excluding carboxylic acids is 1. The number of halogens is 3. The molecule has 0 unspecified atom stereocenters. The van der Waals surface area contributed by atoms with Crippen LogP contribution in [0.25, 0.3) is 10.2 Å². The summed E-state index contributed by atoms with van der Waals surface area (Å²) < 4.78 is 33.6. The first-order valence-corrected chi connectivity index (χ1v) is 9.15. The Morgan fingerprint density at radius 1 is 1.07 bits per heavy atom. The molecule has 9 heteroatoms. The summed E-state index contributed by atoms with van der Waals surface area (Å²) in [6.45, 7) is 0.602. The van der Waals surface area contributed by atoms with Crippen molar-refractivity contribution in [3.8, 4) is 5.75 Å². The molecule has 3 rings (SSSR count). The second kappa shape index (κ2) is 9.77. The lowest BCUT2D eigenvalue weighted by Gasteiger charge is -2.22. The molecule has 0 saturated carbocycles. The number of aromatic nitrogens is 1. The summed E-state index contributed by atoms with van der Waals surface area (Å²) in [6, 6.07) is 10.6. The molecule has 0 spiro atoms. The maximum Gasteiger partial charge on any atom is 0.266 e. The Bertz CT molecular complexity index is 952. The topological polar surface area (TPSA) is 45.7 Å². The van der Waals surface area contributed by atoms with Crippen LogP contribution in [0.1, 0.15) is 0 Å². The molecule has 150 valence electrons. The molecule has 0 bridgehead atoms. The number of nitrogens with zero attached hydrogens (tertiary/aromatic N) is 3. The van der Waals surface area contributed by atoms with E-state index in [9.17, 15) is 13.6 Å². The van der Waals surface area contributed by atoms with Crippen LogP contribution in [0.4, 0.5) is 13.9 Å². The number of fused-ring (bicyclic) bond motifs is 1. The van der Waals surface area contributed by atoms with E-state index in [2.05, 4.69) is 4.98 Å². The molecule has 0 aliphatic heterocycles. The zero-order valence-electron chi connectivity index (χ0n) is 15.4. The van der Waals surface area contributed by atoms with Crippen LogP contribution < -0.4 is 9.64 Å². The highest BCUT2D eigenvalue weighted by molar-refractivity contribution is 7.22. The molecule has 3 aromatic rings. The van der Waals surface area contributed by atoms with E-state index < -0.39 is 11.6 Å². The molecule has 0 atom stereocenters. The lowest BCUT2D eigenvalue weighted by molar-refractivity contribution is -0.120. The Labute approximate surface area is 171 Å². The largest absolute Gasteiger partial charge is 0.481 e. The summed E-state index contributed by atoms with van der Waals surface area (Å²) in [7, 11) is 3.77. The summed E-state index contributed by atoms with van der Waals surface area (Å²) in [5, 5.41) is 0.388. The first-order chi connectivity index (χ1) is 13.0. The fourth-order valence-electron chi connectivity index (χ4n) is 2.42. The summed E-state index contributed by atoms with van der Waals surface area (Å²) in [4.78, 5) is 20.4. The van der Waals surface area contributed by atoms with Gasteiger partial charge in [-0.15, -0.1) is 12.4 Å². The van der Waals surface area contributed by atoms with E-state index in [4.69, 9.17) is 4.74 Å². The molecule has 0 N–H and O–H groups in total. The molecule has 0 radical (unpaired) electrons. The molecule has 1 amide bonds. The van der Waals surface area contributed by atoms with Gasteiger partial charge in [0.1, 0.15) is 11.3 Å². The highest BCUT2D eigenvalue weighted by Crippen LogP contribution is 2.30. The van der Waals surface area contributed by atoms with Crippen molar-refractivity contribution in [2.45, 2.75) is 0 Å². The third kappa shape index (κ3) is 5.15. The number of hydrogen-bond acceptors (Lipinski definition) is 5. The second-order valence-corrected chi connectivity index (χ2v) is 7.16. The van der Waals surface area contributed by atoms with Crippen molar-refractivity contribution in [3.05, 3.63) is 54.1 Å². The quantitative estimate of drug-likeness (QED) is 0.572. The monoisotopic (exact) mass is 427 g/mol. The van der Waals surface area contributed by atoms with E-state index in [1.54, 1.807) is 24.3 Å². The van der Waals surface area contributed by atoms with Gasteiger partial charge in [0.05, 0.1) is 4.70 Å². The smallest absolute Gasteiger partial charge is 0.266 e. The van der Waals surface area contributed by atoms with Crippen molar-refractivity contribution < 1.29 is 18.3 Å². The molecule has 28 heavy (non-hydrogen) atoms. The van der Waals surface area contributed by atoms with Gasteiger partial charge in [-0.25, -0.2) is 13.8 Å². The third-order valence-electron chi connectivity index (χ3n) is 3.85. The zero-order chi connectivity index (χ0) is 19.4. The minimum Gasteiger partial charge on any atom is -0.481 e. The van der Waals surface area contributed by atoms with Crippen LogP contribution in [-0.2, 0) is 4.79 Å². The molecule has 0 saturated heterocycles. The van der Waals surface area contributed by atoms with Crippen molar-refractivity contribution in [2.24, 2.45) is 0 Å². The van der Waals surface area contributed by atoms with Crippen LogP contribution in [0.2, 0.25) is 0 Å². The SMILES string of the molecule is CN(C)CCN(C(=O)COc1ccccc1F)c1nc2c(F)cccc2s1.Cl. The average molecular weight is 428 g/mol. The van der Waals surface area contributed by atoms with Gasteiger partial charge in [0, 0.05) is 13.1 Å². The van der Waals surface area contributed by atoms with Crippen LogP contribution in [0.5, 0.6) is 5.75 Å². The Morgan fingerprint density at radius 3 is 2.46 bits per heavy atom. The predicted molar refractivity (Wildman–Crippen MR) is 110 cm³/mol. The average Bonchev–Trinajstić information content (AvgIpc) is 3.06. The molecular formula is C19H20ClF2N3O2S. The number of ether oxygens (including phenoxy) is 1. The number of rotatable bonds is 7.